The Bertz CT molecular complexity index is 1280. The summed E-state index contributed by atoms with van der Waals surface area (Å²) in [4.78, 5) is 4.58. The van der Waals surface area contributed by atoms with Gasteiger partial charge in [-0.1, -0.05) is 66.2 Å². The van der Waals surface area contributed by atoms with Crippen LogP contribution in [0.25, 0.3) is 17.0 Å². The third-order valence-electron chi connectivity index (χ3n) is 5.22. The van der Waals surface area contributed by atoms with E-state index in [4.69, 9.17) is 5.10 Å². The van der Waals surface area contributed by atoms with Crippen molar-refractivity contribution < 1.29 is 0 Å². The molecular weight excluding hydrogens is 384 g/mol. The molecule has 6 nitrogen and oxygen atoms in total. The van der Waals surface area contributed by atoms with Crippen LogP contribution in [0, 0.1) is 6.92 Å². The zero-order valence-corrected chi connectivity index (χ0v) is 17.2. The number of aryl methyl sites for hydroxylation is 1. The van der Waals surface area contributed by atoms with Crippen molar-refractivity contribution in [3.05, 3.63) is 108 Å². The van der Waals surface area contributed by atoms with Crippen molar-refractivity contribution in [1.82, 2.24) is 24.8 Å². The minimum absolute atomic E-state index is 0.0227. The molecule has 0 bridgehead atoms. The van der Waals surface area contributed by atoms with Crippen molar-refractivity contribution in [3.63, 3.8) is 0 Å². The van der Waals surface area contributed by atoms with Gasteiger partial charge in [-0.05, 0) is 43.2 Å². The summed E-state index contributed by atoms with van der Waals surface area (Å²) >= 11 is 0. The summed E-state index contributed by atoms with van der Waals surface area (Å²) in [6.07, 6.45) is 2.62. The van der Waals surface area contributed by atoms with E-state index in [0.29, 0.717) is 11.5 Å². The number of nitrogens with one attached hydrogen (secondary N) is 1. The Labute approximate surface area is 180 Å². The number of anilines is 1. The molecule has 6 heteroatoms. The third-order valence-corrected chi connectivity index (χ3v) is 5.22. The first-order valence-electron chi connectivity index (χ1n) is 10.3. The minimum atomic E-state index is -0.0227. The third kappa shape index (κ3) is 4.14. The van der Waals surface area contributed by atoms with E-state index in [1.807, 2.05) is 66.9 Å². The van der Waals surface area contributed by atoms with E-state index in [1.165, 1.54) is 11.1 Å². The lowest BCUT2D eigenvalue weighted by Crippen LogP contribution is -2.16. The summed E-state index contributed by atoms with van der Waals surface area (Å²) in [6, 6.07) is 28.4. The standard InChI is InChI=1S/C25H22N6/c1-18-10-12-19(13-11-18)17-22(21-9-5-6-16-26-21)27-23-14-15-24-28-29-25(31(24)30-23)20-7-3-2-4-8-20/h2-16,22H,17H2,1H3,(H,27,30). The average Bonchev–Trinajstić information content (AvgIpc) is 3.24. The van der Waals surface area contributed by atoms with Gasteiger partial charge >= 0.3 is 0 Å². The highest BCUT2D eigenvalue weighted by Gasteiger charge is 2.16. The Kier molecular flexibility index (Phi) is 5.10. The number of pyridine rings is 1. The Morgan fingerprint density at radius 3 is 2.42 bits per heavy atom. The molecular formula is C25H22N6. The highest BCUT2D eigenvalue weighted by Crippen LogP contribution is 2.23. The molecule has 3 heterocycles. The smallest absolute Gasteiger partial charge is 0.185 e. The average molecular weight is 406 g/mol. The quantitative estimate of drug-likeness (QED) is 0.435. The molecule has 2 aromatic carbocycles. The molecule has 0 amide bonds. The zero-order valence-electron chi connectivity index (χ0n) is 17.2. The van der Waals surface area contributed by atoms with Crippen molar-refractivity contribution in [3.8, 4) is 11.4 Å². The topological polar surface area (TPSA) is 68.0 Å². The molecule has 5 aromatic rings. The molecule has 1 unspecified atom stereocenters. The molecule has 0 aliphatic rings. The lowest BCUT2D eigenvalue weighted by atomic mass is 10.0. The van der Waals surface area contributed by atoms with Gasteiger partial charge in [0.05, 0.1) is 11.7 Å². The molecule has 152 valence electrons. The maximum absolute atomic E-state index is 4.79. The van der Waals surface area contributed by atoms with Gasteiger partial charge in [-0.25, -0.2) is 0 Å². The van der Waals surface area contributed by atoms with Gasteiger partial charge in [0, 0.05) is 11.8 Å². The number of rotatable bonds is 6. The van der Waals surface area contributed by atoms with Crippen LogP contribution >= 0.6 is 0 Å². The predicted octanol–water partition coefficient (Wildman–Crippen LogP) is 4.89. The van der Waals surface area contributed by atoms with E-state index in [1.54, 1.807) is 4.52 Å². The first-order chi connectivity index (χ1) is 15.3. The van der Waals surface area contributed by atoms with Crippen molar-refractivity contribution in [1.29, 1.82) is 0 Å². The van der Waals surface area contributed by atoms with E-state index in [2.05, 4.69) is 51.7 Å². The SMILES string of the molecule is Cc1ccc(CC(Nc2ccc3nnc(-c4ccccc4)n3n2)c2ccccn2)cc1. The summed E-state index contributed by atoms with van der Waals surface area (Å²) in [6.45, 7) is 2.10. The van der Waals surface area contributed by atoms with Crippen molar-refractivity contribution >= 4 is 11.5 Å². The zero-order chi connectivity index (χ0) is 21.0. The monoisotopic (exact) mass is 406 g/mol. The molecule has 0 radical (unpaired) electrons. The summed E-state index contributed by atoms with van der Waals surface area (Å²) < 4.78 is 1.78. The first-order valence-corrected chi connectivity index (χ1v) is 10.3. The van der Waals surface area contributed by atoms with Crippen LogP contribution in [0.3, 0.4) is 0 Å². The van der Waals surface area contributed by atoms with E-state index in [-0.39, 0.29) is 6.04 Å². The molecule has 0 fully saturated rings. The van der Waals surface area contributed by atoms with Gasteiger partial charge < -0.3 is 5.32 Å². The van der Waals surface area contributed by atoms with E-state index in [9.17, 15) is 0 Å². The Hall–Kier alpha value is -4.06. The Morgan fingerprint density at radius 2 is 1.65 bits per heavy atom. The van der Waals surface area contributed by atoms with Crippen LogP contribution in [0.5, 0.6) is 0 Å². The van der Waals surface area contributed by atoms with Gasteiger partial charge in [0.15, 0.2) is 11.5 Å². The molecule has 1 N–H and O–H groups in total. The highest BCUT2D eigenvalue weighted by molar-refractivity contribution is 5.59. The summed E-state index contributed by atoms with van der Waals surface area (Å²) in [5, 5.41) is 16.9. The van der Waals surface area contributed by atoms with Gasteiger partial charge in [-0.15, -0.1) is 15.3 Å². The lowest BCUT2D eigenvalue weighted by molar-refractivity contribution is 0.735. The van der Waals surface area contributed by atoms with Gasteiger partial charge in [-0.2, -0.15) is 4.52 Å². The maximum Gasteiger partial charge on any atom is 0.185 e. The highest BCUT2D eigenvalue weighted by atomic mass is 15.4. The van der Waals surface area contributed by atoms with Crippen LogP contribution in [-0.2, 0) is 6.42 Å². The van der Waals surface area contributed by atoms with Crippen LogP contribution in [0.1, 0.15) is 22.9 Å². The first kappa shape index (κ1) is 18.9. The molecule has 5 rings (SSSR count). The molecule has 1 atom stereocenters. The number of benzene rings is 2. The summed E-state index contributed by atoms with van der Waals surface area (Å²) in [5.41, 5.74) is 5.14. The number of hydrogen-bond acceptors (Lipinski definition) is 5. The fourth-order valence-corrected chi connectivity index (χ4v) is 3.58. The second-order valence-corrected chi connectivity index (χ2v) is 7.52. The molecule has 0 aliphatic carbocycles. The molecule has 0 saturated carbocycles. The second kappa shape index (κ2) is 8.36. The van der Waals surface area contributed by atoms with Gasteiger partial charge in [0.1, 0.15) is 5.82 Å². The van der Waals surface area contributed by atoms with Crippen LogP contribution in [0.15, 0.2) is 91.1 Å². The van der Waals surface area contributed by atoms with Crippen LogP contribution < -0.4 is 5.32 Å². The summed E-state index contributed by atoms with van der Waals surface area (Å²) in [7, 11) is 0. The molecule has 3 aromatic heterocycles. The second-order valence-electron chi connectivity index (χ2n) is 7.52. The van der Waals surface area contributed by atoms with E-state index >= 15 is 0 Å². The normalized spacial score (nSPS) is 12.0. The maximum atomic E-state index is 4.79. The largest absolute Gasteiger partial charge is 0.360 e. The lowest BCUT2D eigenvalue weighted by Gasteiger charge is -2.19. The number of hydrogen-bond donors (Lipinski definition) is 1. The van der Waals surface area contributed by atoms with Crippen molar-refractivity contribution in [2.24, 2.45) is 0 Å². The molecule has 0 aliphatic heterocycles. The van der Waals surface area contributed by atoms with Crippen LogP contribution in [0.2, 0.25) is 0 Å². The van der Waals surface area contributed by atoms with Crippen LogP contribution in [-0.4, -0.2) is 24.8 Å². The van der Waals surface area contributed by atoms with Gasteiger partial charge in [-0.3, -0.25) is 4.98 Å². The van der Waals surface area contributed by atoms with Gasteiger partial charge in [0.2, 0.25) is 0 Å². The Balaban J connectivity index is 1.49. The number of nitrogens with zero attached hydrogens (tertiary/aromatic N) is 5. The minimum Gasteiger partial charge on any atom is -0.360 e. The van der Waals surface area contributed by atoms with E-state index < -0.39 is 0 Å². The molecule has 0 spiro atoms. The van der Waals surface area contributed by atoms with E-state index in [0.717, 1.165) is 23.5 Å². The molecule has 0 saturated heterocycles. The number of aromatic nitrogens is 5. The summed E-state index contributed by atoms with van der Waals surface area (Å²) in [5.74, 6) is 1.46. The van der Waals surface area contributed by atoms with Crippen molar-refractivity contribution in [2.45, 2.75) is 19.4 Å². The Morgan fingerprint density at radius 1 is 0.839 bits per heavy atom. The number of fused-ring (bicyclic) bond motifs is 1. The fraction of sp³-hybridized carbons (Fsp3) is 0.120. The fourth-order valence-electron chi connectivity index (χ4n) is 3.58. The molecule has 31 heavy (non-hydrogen) atoms. The van der Waals surface area contributed by atoms with Crippen molar-refractivity contribution in [2.75, 3.05) is 5.32 Å². The predicted molar refractivity (Wildman–Crippen MR) is 122 cm³/mol. The van der Waals surface area contributed by atoms with Crippen LogP contribution in [0.4, 0.5) is 5.82 Å². The van der Waals surface area contributed by atoms with Gasteiger partial charge in [0.25, 0.3) is 0 Å².